The molecule has 0 aromatic heterocycles. The highest BCUT2D eigenvalue weighted by molar-refractivity contribution is 4.93. The first-order valence-corrected chi connectivity index (χ1v) is 5.70. The Morgan fingerprint density at radius 2 is 1.80 bits per heavy atom. The van der Waals surface area contributed by atoms with Crippen molar-refractivity contribution in [3.63, 3.8) is 0 Å². The molecule has 4 N–H and O–H groups in total. The number of aliphatic hydroxyl groups is 2. The van der Waals surface area contributed by atoms with Crippen LogP contribution >= 0.6 is 0 Å². The zero-order chi connectivity index (χ0) is 11.5. The third-order valence-corrected chi connectivity index (χ3v) is 3.46. The first-order chi connectivity index (χ1) is 6.96. The van der Waals surface area contributed by atoms with Gasteiger partial charge in [0, 0.05) is 18.6 Å². The molecular formula is C11H24N2O2. The minimum Gasteiger partial charge on any atom is -0.396 e. The van der Waals surface area contributed by atoms with Gasteiger partial charge < -0.3 is 10.2 Å². The molecule has 0 amide bonds. The third-order valence-electron chi connectivity index (χ3n) is 3.46. The lowest BCUT2D eigenvalue weighted by molar-refractivity contribution is -0.00542. The molecule has 0 unspecified atom stereocenters. The molecule has 0 atom stereocenters. The van der Waals surface area contributed by atoms with Gasteiger partial charge in [-0.05, 0) is 12.8 Å². The van der Waals surface area contributed by atoms with E-state index in [1.165, 1.54) is 0 Å². The van der Waals surface area contributed by atoms with Gasteiger partial charge in [-0.3, -0.25) is 5.84 Å². The summed E-state index contributed by atoms with van der Waals surface area (Å²) < 4.78 is 0. The first-order valence-electron chi connectivity index (χ1n) is 5.70. The number of rotatable bonds is 5. The summed E-state index contributed by atoms with van der Waals surface area (Å²) in [5.74, 6) is 6.05. The van der Waals surface area contributed by atoms with Crippen molar-refractivity contribution in [3.8, 4) is 0 Å². The molecule has 15 heavy (non-hydrogen) atoms. The molecule has 0 heterocycles. The minimum atomic E-state index is -0.244. The van der Waals surface area contributed by atoms with Gasteiger partial charge in [-0.25, -0.2) is 5.01 Å². The van der Waals surface area contributed by atoms with Crippen LogP contribution in [0.3, 0.4) is 0 Å². The quantitative estimate of drug-likeness (QED) is 0.462. The summed E-state index contributed by atoms with van der Waals surface area (Å²) in [6.45, 7) is 4.80. The topological polar surface area (TPSA) is 69.7 Å². The van der Waals surface area contributed by atoms with Crippen molar-refractivity contribution in [1.29, 1.82) is 0 Å². The normalized spacial score (nSPS) is 21.2. The molecule has 0 radical (unpaired) electrons. The number of hydrazine groups is 1. The highest BCUT2D eigenvalue weighted by Gasteiger charge is 2.39. The summed E-state index contributed by atoms with van der Waals surface area (Å²) in [4.78, 5) is 0. The van der Waals surface area contributed by atoms with E-state index in [0.29, 0.717) is 6.54 Å². The van der Waals surface area contributed by atoms with E-state index in [1.54, 1.807) is 5.01 Å². The molecule has 0 spiro atoms. The van der Waals surface area contributed by atoms with Crippen LogP contribution in [-0.4, -0.2) is 40.5 Å². The summed E-state index contributed by atoms with van der Waals surface area (Å²) in [5.41, 5.74) is -0.452. The summed E-state index contributed by atoms with van der Waals surface area (Å²) in [5, 5.41) is 20.4. The Morgan fingerprint density at radius 1 is 1.27 bits per heavy atom. The average molecular weight is 216 g/mol. The van der Waals surface area contributed by atoms with E-state index in [9.17, 15) is 10.2 Å². The van der Waals surface area contributed by atoms with Crippen molar-refractivity contribution in [2.75, 3.05) is 19.8 Å². The van der Waals surface area contributed by atoms with E-state index in [4.69, 9.17) is 5.84 Å². The number of nitrogens with two attached hydrogens (primary N) is 1. The second-order valence-corrected chi connectivity index (χ2v) is 5.54. The van der Waals surface area contributed by atoms with E-state index in [1.807, 2.05) is 13.8 Å². The summed E-state index contributed by atoms with van der Waals surface area (Å²) in [6, 6.07) is 0. The van der Waals surface area contributed by atoms with E-state index in [2.05, 4.69) is 0 Å². The van der Waals surface area contributed by atoms with Crippen molar-refractivity contribution in [3.05, 3.63) is 0 Å². The van der Waals surface area contributed by atoms with Crippen LogP contribution in [0.5, 0.6) is 0 Å². The molecule has 0 aliphatic heterocycles. The van der Waals surface area contributed by atoms with Crippen LogP contribution in [0.25, 0.3) is 0 Å². The SMILES string of the molecule is CC(C)(CO)CN(N)C1(CO)CCCC1. The molecule has 0 aromatic rings. The molecule has 1 aliphatic carbocycles. The maximum absolute atomic E-state index is 9.47. The maximum Gasteiger partial charge on any atom is 0.0629 e. The van der Waals surface area contributed by atoms with Crippen molar-refractivity contribution in [2.24, 2.45) is 11.3 Å². The fourth-order valence-corrected chi connectivity index (χ4v) is 2.25. The van der Waals surface area contributed by atoms with Crippen molar-refractivity contribution in [2.45, 2.75) is 45.1 Å². The molecule has 0 bridgehead atoms. The van der Waals surface area contributed by atoms with Crippen molar-refractivity contribution < 1.29 is 10.2 Å². The molecule has 4 nitrogen and oxygen atoms in total. The molecule has 0 saturated heterocycles. The molecule has 1 aliphatic rings. The van der Waals surface area contributed by atoms with E-state index < -0.39 is 0 Å². The summed E-state index contributed by atoms with van der Waals surface area (Å²) >= 11 is 0. The van der Waals surface area contributed by atoms with Gasteiger partial charge in [0.25, 0.3) is 0 Å². The molecule has 4 heteroatoms. The van der Waals surface area contributed by atoms with E-state index >= 15 is 0 Å². The Labute approximate surface area is 92.0 Å². The summed E-state index contributed by atoms with van der Waals surface area (Å²) in [7, 11) is 0. The lowest BCUT2D eigenvalue weighted by atomic mass is 9.90. The van der Waals surface area contributed by atoms with Crippen molar-refractivity contribution >= 4 is 0 Å². The number of hydrogen-bond acceptors (Lipinski definition) is 4. The van der Waals surface area contributed by atoms with Crippen LogP contribution in [0, 0.1) is 5.41 Å². The lowest BCUT2D eigenvalue weighted by Crippen LogP contribution is -2.57. The fourth-order valence-electron chi connectivity index (χ4n) is 2.25. The molecule has 0 aromatic carbocycles. The number of nitrogens with zero attached hydrogens (tertiary/aromatic N) is 1. The Hall–Kier alpha value is -0.160. The zero-order valence-corrected chi connectivity index (χ0v) is 9.87. The second kappa shape index (κ2) is 4.78. The third kappa shape index (κ3) is 2.91. The van der Waals surface area contributed by atoms with Crippen LogP contribution in [0.2, 0.25) is 0 Å². The van der Waals surface area contributed by atoms with Crippen LogP contribution in [0.15, 0.2) is 0 Å². The fraction of sp³-hybridized carbons (Fsp3) is 1.00. The van der Waals surface area contributed by atoms with Crippen LogP contribution in [0.1, 0.15) is 39.5 Å². The number of hydrogen-bond donors (Lipinski definition) is 3. The zero-order valence-electron chi connectivity index (χ0n) is 9.87. The molecule has 1 fully saturated rings. The highest BCUT2D eigenvalue weighted by Crippen LogP contribution is 2.34. The molecular weight excluding hydrogens is 192 g/mol. The minimum absolute atomic E-state index is 0.113. The number of aliphatic hydroxyl groups excluding tert-OH is 2. The summed E-state index contributed by atoms with van der Waals surface area (Å²) in [6.07, 6.45) is 4.19. The Bertz CT molecular complexity index is 201. The van der Waals surface area contributed by atoms with Gasteiger partial charge in [0.05, 0.1) is 12.1 Å². The van der Waals surface area contributed by atoms with Crippen LogP contribution in [-0.2, 0) is 0 Å². The second-order valence-electron chi connectivity index (χ2n) is 5.54. The van der Waals surface area contributed by atoms with Crippen LogP contribution < -0.4 is 5.84 Å². The predicted octanol–water partition coefficient (Wildman–Crippen LogP) is 0.486. The molecule has 90 valence electrons. The Morgan fingerprint density at radius 3 is 2.20 bits per heavy atom. The van der Waals surface area contributed by atoms with Gasteiger partial charge in [0.2, 0.25) is 0 Å². The monoisotopic (exact) mass is 216 g/mol. The first kappa shape index (κ1) is 12.9. The average Bonchev–Trinajstić information content (AvgIpc) is 2.66. The lowest BCUT2D eigenvalue weighted by Gasteiger charge is -2.40. The van der Waals surface area contributed by atoms with Gasteiger partial charge >= 0.3 is 0 Å². The van der Waals surface area contributed by atoms with Gasteiger partial charge in [-0.15, -0.1) is 0 Å². The standard InChI is InChI=1S/C11H24N2O2/c1-10(2,8-14)7-13(12)11(9-15)5-3-4-6-11/h14-15H,3-9,12H2,1-2H3. The van der Waals surface area contributed by atoms with Gasteiger partial charge in [-0.2, -0.15) is 0 Å². The highest BCUT2D eigenvalue weighted by atomic mass is 16.3. The Balaban J connectivity index is 2.61. The Kier molecular flexibility index (Phi) is 4.12. The maximum atomic E-state index is 9.47. The smallest absolute Gasteiger partial charge is 0.0629 e. The molecule has 1 rings (SSSR count). The van der Waals surface area contributed by atoms with Gasteiger partial charge in [0.15, 0.2) is 0 Å². The van der Waals surface area contributed by atoms with E-state index in [0.717, 1.165) is 25.7 Å². The molecule has 1 saturated carbocycles. The van der Waals surface area contributed by atoms with Crippen molar-refractivity contribution in [1.82, 2.24) is 5.01 Å². The van der Waals surface area contributed by atoms with Gasteiger partial charge in [0.1, 0.15) is 0 Å². The van der Waals surface area contributed by atoms with E-state index in [-0.39, 0.29) is 24.2 Å². The predicted molar refractivity (Wildman–Crippen MR) is 60.0 cm³/mol. The van der Waals surface area contributed by atoms with Crippen LogP contribution in [0.4, 0.5) is 0 Å². The van der Waals surface area contributed by atoms with Gasteiger partial charge in [-0.1, -0.05) is 26.7 Å². The largest absolute Gasteiger partial charge is 0.396 e.